The van der Waals surface area contributed by atoms with E-state index in [4.69, 9.17) is 0 Å². The van der Waals surface area contributed by atoms with Gasteiger partial charge < -0.3 is 10.6 Å². The molecule has 0 aromatic heterocycles. The van der Waals surface area contributed by atoms with Gasteiger partial charge in [-0.1, -0.05) is 32.0 Å². The van der Waals surface area contributed by atoms with Gasteiger partial charge in [0, 0.05) is 24.8 Å². The van der Waals surface area contributed by atoms with Crippen molar-refractivity contribution in [3.63, 3.8) is 0 Å². The Kier molecular flexibility index (Phi) is 5.02. The van der Waals surface area contributed by atoms with Crippen LogP contribution in [0, 0.1) is 0 Å². The molecule has 1 unspecified atom stereocenters. The summed E-state index contributed by atoms with van der Waals surface area (Å²) in [4.78, 5) is 2.45. The van der Waals surface area contributed by atoms with Crippen LogP contribution in [0.15, 0.2) is 24.3 Å². The predicted molar refractivity (Wildman–Crippen MR) is 78.0 cm³/mol. The Bertz CT molecular complexity index is 332. The maximum Gasteiger partial charge on any atom is 0.0398 e. The lowest BCUT2D eigenvalue weighted by Gasteiger charge is -2.22. The Balaban J connectivity index is 2.04. The fraction of sp³-hybridized carbons (Fsp3) is 0.600. The van der Waals surface area contributed by atoms with E-state index in [0.29, 0.717) is 6.04 Å². The lowest BCUT2D eigenvalue weighted by atomic mass is 10.1. The largest absolute Gasteiger partial charge is 0.381 e. The Morgan fingerprint density at radius 3 is 2.72 bits per heavy atom. The normalized spacial score (nSPS) is 19.4. The van der Waals surface area contributed by atoms with Gasteiger partial charge in [-0.05, 0) is 37.7 Å². The van der Waals surface area contributed by atoms with Crippen molar-refractivity contribution in [1.29, 1.82) is 0 Å². The minimum absolute atomic E-state index is 0.586. The zero-order valence-electron chi connectivity index (χ0n) is 11.6. The topological polar surface area (TPSA) is 27.3 Å². The van der Waals surface area contributed by atoms with Gasteiger partial charge in [0.15, 0.2) is 0 Å². The van der Waals surface area contributed by atoms with E-state index in [0.717, 1.165) is 32.7 Å². The van der Waals surface area contributed by atoms with Crippen molar-refractivity contribution >= 4 is 5.69 Å². The predicted octanol–water partition coefficient (Wildman–Crippen LogP) is 2.30. The van der Waals surface area contributed by atoms with E-state index in [1.54, 1.807) is 0 Å². The second kappa shape index (κ2) is 6.76. The summed E-state index contributed by atoms with van der Waals surface area (Å²) in [6.45, 7) is 9.91. The van der Waals surface area contributed by atoms with Crippen LogP contribution in [0.3, 0.4) is 0 Å². The highest BCUT2D eigenvalue weighted by Gasteiger charge is 2.15. The number of hydrogen-bond donors (Lipinski definition) is 2. The van der Waals surface area contributed by atoms with Crippen molar-refractivity contribution < 1.29 is 0 Å². The molecule has 1 aromatic carbocycles. The van der Waals surface area contributed by atoms with E-state index in [9.17, 15) is 0 Å². The first-order chi connectivity index (χ1) is 8.83. The summed E-state index contributed by atoms with van der Waals surface area (Å²) in [5.41, 5.74) is 2.71. The molecule has 1 atom stereocenters. The zero-order chi connectivity index (χ0) is 12.8. The molecule has 0 spiro atoms. The SMILES string of the molecule is CCN(CC)Cc1ccccc1NC1CCNC1. The van der Waals surface area contributed by atoms with Gasteiger partial charge in [-0.25, -0.2) is 0 Å². The molecule has 1 heterocycles. The molecule has 2 N–H and O–H groups in total. The minimum Gasteiger partial charge on any atom is -0.381 e. The van der Waals surface area contributed by atoms with Crippen LogP contribution in [-0.2, 0) is 6.54 Å². The smallest absolute Gasteiger partial charge is 0.0398 e. The fourth-order valence-corrected chi connectivity index (χ4v) is 2.48. The standard InChI is InChI=1S/C15H25N3/c1-3-18(4-2)12-13-7-5-6-8-15(13)17-14-9-10-16-11-14/h5-8,14,16-17H,3-4,9-12H2,1-2H3. The van der Waals surface area contributed by atoms with Crippen molar-refractivity contribution in [3.8, 4) is 0 Å². The maximum absolute atomic E-state index is 3.67. The molecule has 1 aromatic rings. The molecule has 18 heavy (non-hydrogen) atoms. The first-order valence-corrected chi connectivity index (χ1v) is 7.11. The molecule has 0 amide bonds. The summed E-state index contributed by atoms with van der Waals surface area (Å²) in [6, 6.07) is 9.29. The third kappa shape index (κ3) is 3.47. The van der Waals surface area contributed by atoms with Crippen LogP contribution in [-0.4, -0.2) is 37.1 Å². The molecule has 1 fully saturated rings. The molecular formula is C15H25N3. The van der Waals surface area contributed by atoms with E-state index in [-0.39, 0.29) is 0 Å². The van der Waals surface area contributed by atoms with Crippen molar-refractivity contribution in [2.75, 3.05) is 31.5 Å². The van der Waals surface area contributed by atoms with E-state index in [1.807, 2.05) is 0 Å². The molecule has 1 saturated heterocycles. The number of nitrogens with one attached hydrogen (secondary N) is 2. The van der Waals surface area contributed by atoms with Crippen molar-refractivity contribution in [2.45, 2.75) is 32.9 Å². The average Bonchev–Trinajstić information content (AvgIpc) is 2.90. The number of rotatable bonds is 6. The van der Waals surface area contributed by atoms with Crippen LogP contribution in [0.4, 0.5) is 5.69 Å². The van der Waals surface area contributed by atoms with Gasteiger partial charge in [0.05, 0.1) is 0 Å². The summed E-state index contributed by atoms with van der Waals surface area (Å²) in [6.07, 6.45) is 1.22. The van der Waals surface area contributed by atoms with Gasteiger partial charge >= 0.3 is 0 Å². The van der Waals surface area contributed by atoms with Gasteiger partial charge in [-0.2, -0.15) is 0 Å². The molecule has 2 rings (SSSR count). The molecule has 0 bridgehead atoms. The lowest BCUT2D eigenvalue weighted by molar-refractivity contribution is 0.296. The van der Waals surface area contributed by atoms with E-state index in [1.165, 1.54) is 17.7 Å². The van der Waals surface area contributed by atoms with Crippen LogP contribution in [0.1, 0.15) is 25.8 Å². The number of anilines is 1. The molecule has 3 nitrogen and oxygen atoms in total. The lowest BCUT2D eigenvalue weighted by Crippen LogP contribution is -2.25. The number of hydrogen-bond acceptors (Lipinski definition) is 3. The quantitative estimate of drug-likeness (QED) is 0.808. The average molecular weight is 247 g/mol. The highest BCUT2D eigenvalue weighted by atomic mass is 15.1. The highest BCUT2D eigenvalue weighted by Crippen LogP contribution is 2.19. The van der Waals surface area contributed by atoms with Crippen LogP contribution < -0.4 is 10.6 Å². The van der Waals surface area contributed by atoms with Gasteiger partial charge in [0.1, 0.15) is 0 Å². The summed E-state index contributed by atoms with van der Waals surface area (Å²) < 4.78 is 0. The van der Waals surface area contributed by atoms with Gasteiger partial charge in [-0.15, -0.1) is 0 Å². The summed E-state index contributed by atoms with van der Waals surface area (Å²) in [5.74, 6) is 0. The van der Waals surface area contributed by atoms with Crippen molar-refractivity contribution in [3.05, 3.63) is 29.8 Å². The third-order valence-electron chi connectivity index (χ3n) is 3.73. The summed E-state index contributed by atoms with van der Waals surface area (Å²) >= 11 is 0. The van der Waals surface area contributed by atoms with Gasteiger partial charge in [0.25, 0.3) is 0 Å². The second-order valence-electron chi connectivity index (χ2n) is 4.95. The number of benzene rings is 1. The number of para-hydroxylation sites is 1. The van der Waals surface area contributed by atoms with Crippen LogP contribution >= 0.6 is 0 Å². The molecular weight excluding hydrogens is 222 g/mol. The molecule has 0 aliphatic carbocycles. The van der Waals surface area contributed by atoms with Gasteiger partial charge in [0.2, 0.25) is 0 Å². The Labute approximate surface area is 111 Å². The molecule has 1 aliphatic heterocycles. The van der Waals surface area contributed by atoms with Crippen LogP contribution in [0.2, 0.25) is 0 Å². The fourth-order valence-electron chi connectivity index (χ4n) is 2.48. The van der Waals surface area contributed by atoms with E-state index < -0.39 is 0 Å². The summed E-state index contributed by atoms with van der Waals surface area (Å²) in [7, 11) is 0. The molecule has 0 radical (unpaired) electrons. The maximum atomic E-state index is 3.67. The second-order valence-corrected chi connectivity index (χ2v) is 4.95. The van der Waals surface area contributed by atoms with Crippen LogP contribution in [0.25, 0.3) is 0 Å². The van der Waals surface area contributed by atoms with Gasteiger partial charge in [-0.3, -0.25) is 4.90 Å². The molecule has 3 heteroatoms. The van der Waals surface area contributed by atoms with Crippen LogP contribution in [0.5, 0.6) is 0 Å². The first kappa shape index (κ1) is 13.4. The highest BCUT2D eigenvalue weighted by molar-refractivity contribution is 5.52. The summed E-state index contributed by atoms with van der Waals surface area (Å²) in [5, 5.41) is 7.08. The Hall–Kier alpha value is -1.06. The van der Waals surface area contributed by atoms with Crippen molar-refractivity contribution in [2.24, 2.45) is 0 Å². The molecule has 0 saturated carbocycles. The molecule has 1 aliphatic rings. The minimum atomic E-state index is 0.586. The monoisotopic (exact) mass is 247 g/mol. The van der Waals surface area contributed by atoms with E-state index >= 15 is 0 Å². The Morgan fingerprint density at radius 2 is 2.06 bits per heavy atom. The Morgan fingerprint density at radius 1 is 1.28 bits per heavy atom. The molecule has 100 valence electrons. The first-order valence-electron chi connectivity index (χ1n) is 7.11. The zero-order valence-corrected chi connectivity index (χ0v) is 11.6. The van der Waals surface area contributed by atoms with Crippen molar-refractivity contribution in [1.82, 2.24) is 10.2 Å². The number of nitrogens with zero attached hydrogens (tertiary/aromatic N) is 1. The van der Waals surface area contributed by atoms with E-state index in [2.05, 4.69) is 53.6 Å². The third-order valence-corrected chi connectivity index (χ3v) is 3.73.